The van der Waals surface area contributed by atoms with Crippen LogP contribution >= 0.6 is 0 Å². The Morgan fingerprint density at radius 1 is 0.850 bits per heavy atom. The number of ether oxygens (including phenoxy) is 2. The molecule has 0 bridgehead atoms. The van der Waals surface area contributed by atoms with Crippen molar-refractivity contribution in [1.82, 2.24) is 4.57 Å². The van der Waals surface area contributed by atoms with Crippen molar-refractivity contribution in [2.75, 3.05) is 14.2 Å². The van der Waals surface area contributed by atoms with Gasteiger partial charge in [-0.2, -0.15) is 0 Å². The molecule has 0 aliphatic heterocycles. The van der Waals surface area contributed by atoms with Crippen LogP contribution in [0.25, 0.3) is 22.2 Å². The van der Waals surface area contributed by atoms with E-state index < -0.39 is 0 Å². The molecule has 0 saturated carbocycles. The Morgan fingerprint density at radius 3 is 2.10 bits per heavy atom. The van der Waals surface area contributed by atoms with Gasteiger partial charge in [0, 0.05) is 35.3 Å². The molecule has 0 fully saturated rings. The van der Waals surface area contributed by atoms with Gasteiger partial charge in [-0.3, -0.25) is 0 Å². The van der Waals surface area contributed by atoms with Gasteiger partial charge in [-0.1, -0.05) is 18.2 Å². The average molecular weight is 267 g/mol. The van der Waals surface area contributed by atoms with Crippen molar-refractivity contribution in [3.63, 3.8) is 0 Å². The number of rotatable bonds is 3. The van der Waals surface area contributed by atoms with Gasteiger partial charge < -0.3 is 14.0 Å². The van der Waals surface area contributed by atoms with E-state index in [2.05, 4.69) is 41.9 Å². The topological polar surface area (TPSA) is 23.4 Å². The molecule has 0 unspecified atom stereocenters. The first kappa shape index (κ1) is 12.6. The number of nitrogens with zero attached hydrogens (tertiary/aromatic N) is 1. The zero-order valence-electron chi connectivity index (χ0n) is 11.9. The third kappa shape index (κ3) is 2.01. The second-order valence-electron chi connectivity index (χ2n) is 4.75. The van der Waals surface area contributed by atoms with Crippen LogP contribution < -0.4 is 9.47 Å². The van der Waals surface area contributed by atoms with Gasteiger partial charge in [0.05, 0.1) is 14.2 Å². The second kappa shape index (κ2) is 4.93. The molecule has 2 aromatic carbocycles. The fourth-order valence-electron chi connectivity index (χ4n) is 2.52. The quantitative estimate of drug-likeness (QED) is 0.719. The monoisotopic (exact) mass is 267 g/mol. The molecule has 0 spiro atoms. The molecule has 0 saturated heterocycles. The largest absolute Gasteiger partial charge is 0.497 e. The predicted molar refractivity (Wildman–Crippen MR) is 81.5 cm³/mol. The Balaban J connectivity index is 2.22. The number of para-hydroxylation sites is 1. The van der Waals surface area contributed by atoms with E-state index in [9.17, 15) is 0 Å². The first-order valence-corrected chi connectivity index (χ1v) is 6.51. The zero-order chi connectivity index (χ0) is 14.1. The standard InChI is InChI=1S/C17H17NO2/c1-18-16-7-5-4-6-12(16)10-17(18)13-8-14(19-2)11-15(9-13)20-3/h4-11H,1-3H3. The molecule has 0 amide bonds. The highest BCUT2D eigenvalue weighted by Crippen LogP contribution is 2.32. The molecule has 102 valence electrons. The lowest BCUT2D eigenvalue weighted by molar-refractivity contribution is 0.394. The highest BCUT2D eigenvalue weighted by atomic mass is 16.5. The molecule has 3 aromatic rings. The lowest BCUT2D eigenvalue weighted by Crippen LogP contribution is -1.93. The molecule has 3 heteroatoms. The van der Waals surface area contributed by atoms with E-state index in [0.29, 0.717) is 0 Å². The van der Waals surface area contributed by atoms with Crippen LogP contribution in [0.1, 0.15) is 0 Å². The molecule has 1 heterocycles. The van der Waals surface area contributed by atoms with Crippen molar-refractivity contribution >= 4 is 10.9 Å². The van der Waals surface area contributed by atoms with Crippen LogP contribution in [-0.2, 0) is 7.05 Å². The van der Waals surface area contributed by atoms with Crippen molar-refractivity contribution in [1.29, 1.82) is 0 Å². The summed E-state index contributed by atoms with van der Waals surface area (Å²) >= 11 is 0. The minimum Gasteiger partial charge on any atom is -0.497 e. The molecule has 0 atom stereocenters. The zero-order valence-corrected chi connectivity index (χ0v) is 11.9. The lowest BCUT2D eigenvalue weighted by atomic mass is 10.1. The van der Waals surface area contributed by atoms with Crippen molar-refractivity contribution in [2.45, 2.75) is 0 Å². The number of aromatic nitrogens is 1. The highest BCUT2D eigenvalue weighted by molar-refractivity contribution is 5.87. The van der Waals surface area contributed by atoms with Crippen molar-refractivity contribution < 1.29 is 9.47 Å². The number of fused-ring (bicyclic) bond motifs is 1. The van der Waals surface area contributed by atoms with Gasteiger partial charge in [0.25, 0.3) is 0 Å². The molecule has 0 N–H and O–H groups in total. The number of aryl methyl sites for hydroxylation is 1. The van der Waals surface area contributed by atoms with E-state index in [4.69, 9.17) is 9.47 Å². The van der Waals surface area contributed by atoms with E-state index in [0.717, 1.165) is 22.8 Å². The van der Waals surface area contributed by atoms with Crippen molar-refractivity contribution in [3.05, 3.63) is 48.5 Å². The Morgan fingerprint density at radius 2 is 1.50 bits per heavy atom. The summed E-state index contributed by atoms with van der Waals surface area (Å²) in [7, 11) is 5.41. The molecular weight excluding hydrogens is 250 g/mol. The smallest absolute Gasteiger partial charge is 0.123 e. The van der Waals surface area contributed by atoms with Gasteiger partial charge in [0.2, 0.25) is 0 Å². The minimum atomic E-state index is 0.796. The van der Waals surface area contributed by atoms with Crippen LogP contribution in [-0.4, -0.2) is 18.8 Å². The van der Waals surface area contributed by atoms with E-state index in [1.807, 2.05) is 18.2 Å². The molecule has 0 aliphatic carbocycles. The van der Waals surface area contributed by atoms with Crippen LogP contribution in [0.15, 0.2) is 48.5 Å². The Labute approximate surface area is 118 Å². The molecule has 3 nitrogen and oxygen atoms in total. The van der Waals surface area contributed by atoms with E-state index in [-0.39, 0.29) is 0 Å². The van der Waals surface area contributed by atoms with Crippen LogP contribution in [0.3, 0.4) is 0 Å². The fraction of sp³-hybridized carbons (Fsp3) is 0.176. The van der Waals surface area contributed by atoms with Crippen LogP contribution in [0.4, 0.5) is 0 Å². The van der Waals surface area contributed by atoms with E-state index in [1.54, 1.807) is 14.2 Å². The van der Waals surface area contributed by atoms with Gasteiger partial charge in [0.1, 0.15) is 11.5 Å². The summed E-state index contributed by atoms with van der Waals surface area (Å²) in [6.07, 6.45) is 0. The molecule has 0 radical (unpaired) electrons. The molecule has 0 aliphatic rings. The maximum Gasteiger partial charge on any atom is 0.123 e. The summed E-state index contributed by atoms with van der Waals surface area (Å²) in [5.41, 5.74) is 3.44. The maximum absolute atomic E-state index is 5.34. The summed E-state index contributed by atoms with van der Waals surface area (Å²) in [5.74, 6) is 1.59. The fourth-order valence-corrected chi connectivity index (χ4v) is 2.52. The Hall–Kier alpha value is -2.42. The normalized spacial score (nSPS) is 10.8. The number of hydrogen-bond acceptors (Lipinski definition) is 2. The minimum absolute atomic E-state index is 0.796. The van der Waals surface area contributed by atoms with Crippen molar-refractivity contribution in [2.24, 2.45) is 7.05 Å². The first-order valence-electron chi connectivity index (χ1n) is 6.51. The third-order valence-corrected chi connectivity index (χ3v) is 3.60. The van der Waals surface area contributed by atoms with Gasteiger partial charge in [-0.05, 0) is 24.3 Å². The Kier molecular flexibility index (Phi) is 3.11. The molecule has 20 heavy (non-hydrogen) atoms. The summed E-state index contributed by atoms with van der Waals surface area (Å²) < 4.78 is 12.9. The number of benzene rings is 2. The van der Waals surface area contributed by atoms with Gasteiger partial charge >= 0.3 is 0 Å². The molecule has 3 rings (SSSR count). The summed E-state index contributed by atoms with van der Waals surface area (Å²) in [5, 5.41) is 1.23. The second-order valence-corrected chi connectivity index (χ2v) is 4.75. The van der Waals surface area contributed by atoms with Crippen LogP contribution in [0.2, 0.25) is 0 Å². The van der Waals surface area contributed by atoms with Gasteiger partial charge in [-0.25, -0.2) is 0 Å². The maximum atomic E-state index is 5.34. The third-order valence-electron chi connectivity index (χ3n) is 3.60. The lowest BCUT2D eigenvalue weighted by Gasteiger charge is -2.09. The average Bonchev–Trinajstić information content (AvgIpc) is 2.84. The number of hydrogen-bond donors (Lipinski definition) is 0. The Bertz CT molecular complexity index is 737. The van der Waals surface area contributed by atoms with E-state index >= 15 is 0 Å². The predicted octanol–water partition coefficient (Wildman–Crippen LogP) is 3.86. The summed E-state index contributed by atoms with van der Waals surface area (Å²) in [6.45, 7) is 0. The van der Waals surface area contributed by atoms with Crippen molar-refractivity contribution in [3.8, 4) is 22.8 Å². The number of methoxy groups -OCH3 is 2. The first-order chi connectivity index (χ1) is 9.72. The highest BCUT2D eigenvalue weighted by Gasteiger charge is 2.10. The molecular formula is C17H17NO2. The molecule has 1 aromatic heterocycles. The summed E-state index contributed by atoms with van der Waals surface area (Å²) in [4.78, 5) is 0. The van der Waals surface area contributed by atoms with Crippen LogP contribution in [0.5, 0.6) is 11.5 Å². The van der Waals surface area contributed by atoms with Gasteiger partial charge in [-0.15, -0.1) is 0 Å². The van der Waals surface area contributed by atoms with E-state index in [1.165, 1.54) is 10.9 Å². The SMILES string of the molecule is COc1cc(OC)cc(-c2cc3ccccc3n2C)c1. The van der Waals surface area contributed by atoms with Gasteiger partial charge in [0.15, 0.2) is 0 Å². The van der Waals surface area contributed by atoms with Crippen LogP contribution in [0, 0.1) is 0 Å². The summed E-state index contributed by atoms with van der Waals surface area (Å²) in [6, 6.07) is 16.5.